The molecule has 8 heteroatoms. The van der Waals surface area contributed by atoms with Gasteiger partial charge in [0.25, 0.3) is 0 Å². The van der Waals surface area contributed by atoms with Crippen LogP contribution >= 0.6 is 0 Å². The Bertz CT molecular complexity index is 477. The molecule has 0 aromatic heterocycles. The molecule has 1 rings (SSSR count). The smallest absolute Gasteiger partial charge is 0.230 e. The van der Waals surface area contributed by atoms with E-state index in [1.165, 1.54) is 4.72 Å². The van der Waals surface area contributed by atoms with Gasteiger partial charge >= 0.3 is 0 Å². The van der Waals surface area contributed by atoms with Crippen LogP contribution in [0.4, 0.5) is 18.9 Å². The van der Waals surface area contributed by atoms with Gasteiger partial charge in [0.15, 0.2) is 11.6 Å². The largest absolute Gasteiger partial charge is 0.576 e. The van der Waals surface area contributed by atoms with E-state index in [9.17, 15) is 21.6 Å². The SMILES string of the molecule is [B-]c1cc(F)c(F)c(NS(C)(=O)=O)c1F. The molecular weight excluding hydrogens is 230 g/mol. The van der Waals surface area contributed by atoms with E-state index in [-0.39, 0.29) is 0 Å². The highest BCUT2D eigenvalue weighted by Gasteiger charge is 2.16. The molecule has 3 radical (unpaired) electrons. The molecule has 0 aliphatic heterocycles. The Hall–Kier alpha value is -1.18. The van der Waals surface area contributed by atoms with E-state index in [4.69, 9.17) is 7.85 Å². The summed E-state index contributed by atoms with van der Waals surface area (Å²) in [7, 11) is 1.08. The lowest BCUT2D eigenvalue weighted by Crippen LogP contribution is -2.19. The van der Waals surface area contributed by atoms with Crippen molar-refractivity contribution in [3.63, 3.8) is 0 Å². The summed E-state index contributed by atoms with van der Waals surface area (Å²) in [6, 6.07) is 0.429. The Balaban J connectivity index is 3.40. The normalized spacial score (nSPS) is 11.5. The van der Waals surface area contributed by atoms with Gasteiger partial charge in [-0.25, -0.2) is 21.6 Å². The van der Waals surface area contributed by atoms with Crippen molar-refractivity contribution in [1.82, 2.24) is 0 Å². The quantitative estimate of drug-likeness (QED) is 0.590. The summed E-state index contributed by atoms with van der Waals surface area (Å²) in [5.41, 5.74) is -1.80. The van der Waals surface area contributed by atoms with Gasteiger partial charge in [0.05, 0.1) is 6.26 Å². The van der Waals surface area contributed by atoms with E-state index in [0.29, 0.717) is 12.3 Å². The van der Waals surface area contributed by atoms with Gasteiger partial charge in [0, 0.05) is 0 Å². The molecule has 0 bridgehead atoms. The number of halogens is 3. The Morgan fingerprint density at radius 2 is 1.80 bits per heavy atom. The number of rotatable bonds is 2. The van der Waals surface area contributed by atoms with Crippen molar-refractivity contribution in [2.75, 3.05) is 11.0 Å². The molecule has 0 spiro atoms. The fraction of sp³-hybridized carbons (Fsp3) is 0.143. The molecule has 1 N–H and O–H groups in total. The molecule has 1 aromatic rings. The molecule has 0 saturated carbocycles. The number of hydrogen-bond acceptors (Lipinski definition) is 2. The van der Waals surface area contributed by atoms with E-state index >= 15 is 0 Å². The maximum absolute atomic E-state index is 13.1. The number of anilines is 1. The summed E-state index contributed by atoms with van der Waals surface area (Å²) in [6.07, 6.45) is 0.674. The van der Waals surface area contributed by atoms with Crippen LogP contribution in [-0.4, -0.2) is 22.5 Å². The van der Waals surface area contributed by atoms with Crippen molar-refractivity contribution in [3.05, 3.63) is 23.5 Å². The first-order valence-electron chi connectivity index (χ1n) is 3.63. The van der Waals surface area contributed by atoms with Crippen molar-refractivity contribution < 1.29 is 21.6 Å². The predicted molar refractivity (Wildman–Crippen MR) is 50.2 cm³/mol. The molecule has 0 saturated heterocycles. The van der Waals surface area contributed by atoms with Crippen LogP contribution in [0.5, 0.6) is 0 Å². The molecule has 0 aliphatic carbocycles. The lowest BCUT2D eigenvalue weighted by atomic mass is 9.94. The van der Waals surface area contributed by atoms with E-state index in [1.54, 1.807) is 0 Å². The van der Waals surface area contributed by atoms with Gasteiger partial charge in [-0.3, -0.25) is 10.2 Å². The zero-order valence-electron chi connectivity index (χ0n) is 7.51. The van der Waals surface area contributed by atoms with Crippen LogP contribution in [0, 0.1) is 17.5 Å². The standard InChI is InChI=1S/C7H5BF3NO2S/c1-15(13,14)12-7-5(10)3(8)2-4(9)6(7)11/h2,12H,1H3/q-1. The third kappa shape index (κ3) is 2.65. The number of sulfonamides is 1. The summed E-state index contributed by atoms with van der Waals surface area (Å²) in [5.74, 6) is -4.41. The van der Waals surface area contributed by atoms with Crippen LogP contribution in [0.2, 0.25) is 0 Å². The zero-order chi connectivity index (χ0) is 11.8. The highest BCUT2D eigenvalue weighted by atomic mass is 32.2. The molecule has 3 nitrogen and oxygen atoms in total. The summed E-state index contributed by atoms with van der Waals surface area (Å²) >= 11 is 0. The molecule has 0 unspecified atom stereocenters. The molecule has 0 aliphatic rings. The van der Waals surface area contributed by atoms with Gasteiger partial charge < -0.3 is 7.85 Å². The molecule has 81 valence electrons. The second-order valence-electron chi connectivity index (χ2n) is 2.82. The monoisotopic (exact) mass is 235 g/mol. The lowest BCUT2D eigenvalue weighted by Gasteiger charge is -2.15. The van der Waals surface area contributed by atoms with Gasteiger partial charge in [-0.1, -0.05) is 6.07 Å². The molecule has 0 atom stereocenters. The Labute approximate surface area is 85.8 Å². The maximum Gasteiger partial charge on any atom is 0.230 e. The highest BCUT2D eigenvalue weighted by molar-refractivity contribution is 7.92. The Morgan fingerprint density at radius 1 is 1.27 bits per heavy atom. The lowest BCUT2D eigenvalue weighted by molar-refractivity contribution is 0.502. The first-order valence-corrected chi connectivity index (χ1v) is 5.52. The third-order valence-electron chi connectivity index (χ3n) is 1.47. The van der Waals surface area contributed by atoms with Crippen LogP contribution in [0.25, 0.3) is 0 Å². The van der Waals surface area contributed by atoms with Crippen LogP contribution < -0.4 is 10.2 Å². The van der Waals surface area contributed by atoms with E-state index < -0.39 is 38.6 Å². The van der Waals surface area contributed by atoms with Crippen molar-refractivity contribution >= 4 is 29.0 Å². The minimum Gasteiger partial charge on any atom is -0.576 e. The average molecular weight is 235 g/mol. The number of benzene rings is 1. The second-order valence-corrected chi connectivity index (χ2v) is 4.57. The van der Waals surface area contributed by atoms with E-state index in [1.807, 2.05) is 0 Å². The second kappa shape index (κ2) is 3.76. The van der Waals surface area contributed by atoms with E-state index in [0.717, 1.165) is 0 Å². The molecule has 0 heterocycles. The Morgan fingerprint density at radius 3 is 2.27 bits per heavy atom. The fourth-order valence-electron chi connectivity index (χ4n) is 0.898. The molecule has 1 aromatic carbocycles. The highest BCUT2D eigenvalue weighted by Crippen LogP contribution is 2.20. The first kappa shape index (κ1) is 11.9. The average Bonchev–Trinajstić information content (AvgIpc) is 2.08. The van der Waals surface area contributed by atoms with Crippen molar-refractivity contribution in [2.24, 2.45) is 0 Å². The van der Waals surface area contributed by atoms with Crippen molar-refractivity contribution in [2.45, 2.75) is 0 Å². The Kier molecular flexibility index (Phi) is 2.99. The zero-order valence-corrected chi connectivity index (χ0v) is 8.33. The molecule has 0 amide bonds. The van der Waals surface area contributed by atoms with Crippen LogP contribution in [0.1, 0.15) is 0 Å². The molecular formula is C7H5BF3NO2S-. The van der Waals surface area contributed by atoms with Crippen LogP contribution in [0.3, 0.4) is 0 Å². The third-order valence-corrected chi connectivity index (χ3v) is 2.05. The maximum atomic E-state index is 13.1. The van der Waals surface area contributed by atoms with Crippen LogP contribution in [0.15, 0.2) is 6.07 Å². The van der Waals surface area contributed by atoms with Crippen LogP contribution in [-0.2, 0) is 10.0 Å². The molecule has 15 heavy (non-hydrogen) atoms. The summed E-state index contributed by atoms with van der Waals surface area (Å²) < 4.78 is 61.8. The van der Waals surface area contributed by atoms with Gasteiger partial charge in [-0.05, 0) is 0 Å². The van der Waals surface area contributed by atoms with Gasteiger partial charge in [-0.15, -0.1) is 0 Å². The topological polar surface area (TPSA) is 46.2 Å². The minimum atomic E-state index is -3.91. The first-order chi connectivity index (χ1) is 6.72. The molecule has 0 fully saturated rings. The number of hydrogen-bond donors (Lipinski definition) is 1. The van der Waals surface area contributed by atoms with Gasteiger partial charge in [0.2, 0.25) is 10.0 Å². The summed E-state index contributed by atoms with van der Waals surface area (Å²) in [4.78, 5) is 0. The summed E-state index contributed by atoms with van der Waals surface area (Å²) in [6.45, 7) is 0. The van der Waals surface area contributed by atoms with Crippen molar-refractivity contribution in [3.8, 4) is 0 Å². The fourth-order valence-corrected chi connectivity index (χ4v) is 1.45. The number of nitrogens with one attached hydrogen (secondary N) is 1. The van der Waals surface area contributed by atoms with Gasteiger partial charge in [-0.2, -0.15) is 0 Å². The minimum absolute atomic E-state index is 0.429. The summed E-state index contributed by atoms with van der Waals surface area (Å²) in [5, 5.41) is 0. The van der Waals surface area contributed by atoms with Crippen molar-refractivity contribution in [1.29, 1.82) is 0 Å². The van der Waals surface area contributed by atoms with Gasteiger partial charge in [0.1, 0.15) is 11.5 Å². The van der Waals surface area contributed by atoms with E-state index in [2.05, 4.69) is 0 Å². The predicted octanol–water partition coefficient (Wildman–Crippen LogP) is 0.269.